The van der Waals surface area contributed by atoms with Gasteiger partial charge in [-0.2, -0.15) is 0 Å². The Morgan fingerprint density at radius 1 is 1.23 bits per heavy atom. The maximum atomic E-state index is 12.1. The van der Waals surface area contributed by atoms with Crippen LogP contribution in [0.15, 0.2) is 22.7 Å². The number of fused-ring (bicyclic) bond motifs is 3. The van der Waals surface area contributed by atoms with Crippen LogP contribution in [-0.2, 0) is 22.7 Å². The number of benzene rings is 1. The van der Waals surface area contributed by atoms with Crippen molar-refractivity contribution in [3.8, 4) is 0 Å². The van der Waals surface area contributed by atoms with Gasteiger partial charge in [-0.15, -0.1) is 0 Å². The third kappa shape index (κ3) is 4.40. The summed E-state index contributed by atoms with van der Waals surface area (Å²) in [5.74, 6) is 1.16. The van der Waals surface area contributed by atoms with Gasteiger partial charge in [0.1, 0.15) is 11.3 Å². The molecule has 2 amide bonds. The van der Waals surface area contributed by atoms with E-state index in [0.717, 1.165) is 26.7 Å². The molecule has 9 heteroatoms. The summed E-state index contributed by atoms with van der Waals surface area (Å²) in [6, 6.07) is 5.87. The lowest BCUT2D eigenvalue weighted by Crippen LogP contribution is -2.29. The molecule has 0 unspecified atom stereocenters. The normalized spacial score (nSPS) is 11.2. The van der Waals surface area contributed by atoms with Crippen LogP contribution in [0.25, 0.3) is 21.9 Å². The van der Waals surface area contributed by atoms with Crippen LogP contribution in [0, 0.1) is 0 Å². The highest BCUT2D eigenvalue weighted by Gasteiger charge is 2.20. The van der Waals surface area contributed by atoms with E-state index in [0.29, 0.717) is 43.8 Å². The van der Waals surface area contributed by atoms with Crippen molar-refractivity contribution in [3.63, 3.8) is 0 Å². The summed E-state index contributed by atoms with van der Waals surface area (Å²) in [5, 5.41) is 0.936. The molecule has 8 nitrogen and oxygen atoms in total. The predicted molar refractivity (Wildman–Crippen MR) is 122 cm³/mol. The monoisotopic (exact) mass is 474 g/mol. The number of amides is 2. The Balaban J connectivity index is 2.13. The number of aryl methyl sites for hydroxylation is 1. The van der Waals surface area contributed by atoms with E-state index in [2.05, 4.69) is 25.5 Å². The van der Waals surface area contributed by atoms with Gasteiger partial charge in [0.05, 0.1) is 17.6 Å². The van der Waals surface area contributed by atoms with Crippen molar-refractivity contribution in [3.05, 3.63) is 28.5 Å². The summed E-state index contributed by atoms with van der Waals surface area (Å²) in [4.78, 5) is 36.6. The summed E-state index contributed by atoms with van der Waals surface area (Å²) in [6.07, 6.45) is 1.09. The molecule has 3 rings (SSSR count). The lowest BCUT2D eigenvalue weighted by Gasteiger charge is -2.19. The fraction of sp³-hybridized carbons (Fsp3) is 0.429. The van der Waals surface area contributed by atoms with Gasteiger partial charge in [0.25, 0.3) is 0 Å². The van der Waals surface area contributed by atoms with E-state index >= 15 is 0 Å². The lowest BCUT2D eigenvalue weighted by atomic mass is 10.2. The van der Waals surface area contributed by atoms with Gasteiger partial charge in [-0.3, -0.25) is 9.59 Å². The van der Waals surface area contributed by atoms with Crippen molar-refractivity contribution in [2.45, 2.75) is 39.8 Å². The minimum absolute atomic E-state index is 0.0150. The molecule has 2 N–H and O–H groups in total. The lowest BCUT2D eigenvalue weighted by molar-refractivity contribution is -0.129. The molecule has 3 aromatic rings. The van der Waals surface area contributed by atoms with Gasteiger partial charge in [-0.25, -0.2) is 9.97 Å². The van der Waals surface area contributed by atoms with Gasteiger partial charge >= 0.3 is 0 Å². The number of halogens is 1. The van der Waals surface area contributed by atoms with Gasteiger partial charge < -0.3 is 20.1 Å². The number of hydrogen-bond donors (Lipinski definition) is 1. The Hall–Kier alpha value is -2.68. The highest BCUT2D eigenvalue weighted by atomic mass is 79.9. The Bertz CT molecular complexity index is 1110. The molecule has 1 aromatic carbocycles. The number of imidazole rings is 1. The predicted octanol–water partition coefficient (Wildman–Crippen LogP) is 3.17. The Kier molecular flexibility index (Phi) is 6.60. The number of nitrogens with two attached hydrogens (primary N) is 1. The second-order valence-electron chi connectivity index (χ2n) is 7.46. The summed E-state index contributed by atoms with van der Waals surface area (Å²) >= 11 is 3.48. The van der Waals surface area contributed by atoms with Gasteiger partial charge in [0.2, 0.25) is 11.8 Å². The first kappa shape index (κ1) is 22.0. The summed E-state index contributed by atoms with van der Waals surface area (Å²) in [7, 11) is 3.51. The van der Waals surface area contributed by atoms with E-state index in [1.807, 2.05) is 25.1 Å². The van der Waals surface area contributed by atoms with Gasteiger partial charge in [-0.1, -0.05) is 15.9 Å². The average Bonchev–Trinajstić information content (AvgIpc) is 3.04. The zero-order valence-electron chi connectivity index (χ0n) is 17.8. The smallest absolute Gasteiger partial charge is 0.222 e. The number of aromatic nitrogens is 3. The van der Waals surface area contributed by atoms with Crippen molar-refractivity contribution >= 4 is 55.5 Å². The zero-order valence-corrected chi connectivity index (χ0v) is 19.4. The van der Waals surface area contributed by atoms with Crippen LogP contribution in [0.4, 0.5) is 5.82 Å². The molecule has 0 aliphatic heterocycles. The molecule has 2 aromatic heterocycles. The molecule has 0 saturated carbocycles. The fourth-order valence-corrected chi connectivity index (χ4v) is 3.87. The number of carbonyl (C=O) groups is 2. The number of nitrogens with zero attached hydrogens (tertiary/aromatic N) is 5. The molecule has 0 bridgehead atoms. The molecule has 0 saturated heterocycles. The minimum atomic E-state index is -0.0150. The maximum Gasteiger partial charge on any atom is 0.222 e. The number of hydrogen-bond acceptors (Lipinski definition) is 5. The van der Waals surface area contributed by atoms with Gasteiger partial charge in [0, 0.05) is 50.4 Å². The van der Waals surface area contributed by atoms with E-state index in [1.165, 1.54) is 0 Å². The van der Waals surface area contributed by atoms with Crippen LogP contribution in [0.3, 0.4) is 0 Å². The maximum absolute atomic E-state index is 12.1. The molecule has 0 spiro atoms. The summed E-state index contributed by atoms with van der Waals surface area (Å²) in [5.41, 5.74) is 8.53. The summed E-state index contributed by atoms with van der Waals surface area (Å²) < 4.78 is 3.00. The van der Waals surface area contributed by atoms with Crippen molar-refractivity contribution in [1.82, 2.24) is 24.3 Å². The van der Waals surface area contributed by atoms with E-state index in [-0.39, 0.29) is 11.8 Å². The van der Waals surface area contributed by atoms with Crippen LogP contribution in [0.5, 0.6) is 0 Å². The third-order valence-corrected chi connectivity index (χ3v) is 5.67. The average molecular weight is 475 g/mol. The first-order valence-electron chi connectivity index (χ1n) is 9.92. The van der Waals surface area contributed by atoms with Crippen molar-refractivity contribution in [1.29, 1.82) is 0 Å². The van der Waals surface area contributed by atoms with E-state index in [4.69, 9.17) is 10.7 Å². The molecule has 2 heterocycles. The molecule has 30 heavy (non-hydrogen) atoms. The number of rotatable bonds is 7. The molecule has 160 valence electrons. The van der Waals surface area contributed by atoms with Crippen LogP contribution >= 0.6 is 15.9 Å². The van der Waals surface area contributed by atoms with Crippen molar-refractivity contribution in [2.24, 2.45) is 0 Å². The number of nitrogen functional groups attached to an aromatic ring is 1. The molecular formula is C21H27BrN6O2. The third-order valence-electron chi connectivity index (χ3n) is 5.18. The first-order chi connectivity index (χ1) is 14.2. The van der Waals surface area contributed by atoms with Crippen LogP contribution in [0.2, 0.25) is 0 Å². The fourth-order valence-electron chi connectivity index (χ4n) is 3.52. The van der Waals surface area contributed by atoms with Crippen LogP contribution in [-0.4, -0.2) is 56.8 Å². The number of anilines is 1. The van der Waals surface area contributed by atoms with Crippen LogP contribution in [0.1, 0.15) is 32.5 Å². The largest absolute Gasteiger partial charge is 0.382 e. The minimum Gasteiger partial charge on any atom is -0.382 e. The Morgan fingerprint density at radius 3 is 2.60 bits per heavy atom. The molecule has 0 radical (unpaired) electrons. The zero-order chi connectivity index (χ0) is 22.0. The standard InChI is InChI=1S/C21H27BrN6O2/c1-5-27(13(2)29)12-17-25-19-20(28(17)10-6-7-18(30)26(3)4)15-9-8-14(22)11-16(15)24-21(19)23/h8-9,11H,5-7,10,12H2,1-4H3,(H2,23,24). The Labute approximate surface area is 184 Å². The van der Waals surface area contributed by atoms with Crippen molar-refractivity contribution < 1.29 is 9.59 Å². The topological polar surface area (TPSA) is 97.3 Å². The van der Waals surface area contributed by atoms with Crippen molar-refractivity contribution in [2.75, 3.05) is 26.4 Å². The molecule has 0 fully saturated rings. The van der Waals surface area contributed by atoms with Gasteiger partial charge in [-0.05, 0) is 31.5 Å². The van der Waals surface area contributed by atoms with E-state index in [1.54, 1.807) is 30.8 Å². The number of pyridine rings is 1. The SMILES string of the molecule is CCN(Cc1nc2c(N)nc3cc(Br)ccc3c2n1CCCC(=O)N(C)C)C(C)=O. The quantitative estimate of drug-likeness (QED) is 0.566. The first-order valence-corrected chi connectivity index (χ1v) is 10.7. The highest BCUT2D eigenvalue weighted by molar-refractivity contribution is 9.10. The highest BCUT2D eigenvalue weighted by Crippen LogP contribution is 2.31. The van der Waals surface area contributed by atoms with Gasteiger partial charge in [0.15, 0.2) is 5.82 Å². The summed E-state index contributed by atoms with van der Waals surface area (Å²) in [6.45, 7) is 5.04. The second kappa shape index (κ2) is 8.99. The molecule has 0 atom stereocenters. The second-order valence-corrected chi connectivity index (χ2v) is 8.38. The molecular weight excluding hydrogens is 448 g/mol. The Morgan fingerprint density at radius 2 is 1.97 bits per heavy atom. The molecule has 0 aliphatic rings. The molecule has 0 aliphatic carbocycles. The van der Waals surface area contributed by atoms with E-state index in [9.17, 15) is 9.59 Å². The van der Waals surface area contributed by atoms with Crippen LogP contribution < -0.4 is 5.73 Å². The number of carbonyl (C=O) groups excluding carboxylic acids is 2. The van der Waals surface area contributed by atoms with E-state index < -0.39 is 0 Å².